The molecule has 0 amide bonds. The van der Waals surface area contributed by atoms with Crippen LogP contribution in [0, 0.1) is 0 Å². The molecule has 0 spiro atoms. The maximum Gasteiger partial charge on any atom is 0.124 e. The Hall–Kier alpha value is -7.63. The molecule has 10 aromatic carbocycles. The Morgan fingerprint density at radius 1 is 0.302 bits per heavy atom. The lowest BCUT2D eigenvalue weighted by Gasteiger charge is -2.27. The molecule has 0 unspecified atom stereocenters. The summed E-state index contributed by atoms with van der Waals surface area (Å²) in [5, 5.41) is 6.08. The highest BCUT2D eigenvalue weighted by molar-refractivity contribution is 7.26. The normalized spacial score (nSPS) is 11.5. The zero-order valence-corrected chi connectivity index (χ0v) is 35.8. The van der Waals surface area contributed by atoms with E-state index in [1.165, 1.54) is 80.2 Å². The predicted octanol–water partition coefficient (Wildman–Crippen LogP) is 17.6. The number of thiophene rings is 1. The molecule has 296 valence electrons. The summed E-state index contributed by atoms with van der Waals surface area (Å²) in [6, 6.07) is 83.6. The molecular formula is C59H38N2S2. The molecule has 0 aliphatic carbocycles. The molecule has 0 N–H and O–H groups in total. The summed E-state index contributed by atoms with van der Waals surface area (Å²) in [6.07, 6.45) is 0. The topological polar surface area (TPSA) is 16.1 Å². The van der Waals surface area contributed by atoms with Gasteiger partial charge in [-0.1, -0.05) is 170 Å². The zero-order chi connectivity index (χ0) is 41.7. The van der Waals surface area contributed by atoms with Crippen molar-refractivity contribution in [1.82, 2.24) is 4.98 Å². The summed E-state index contributed by atoms with van der Waals surface area (Å²) in [5.74, 6) is 0. The zero-order valence-electron chi connectivity index (χ0n) is 34.2. The van der Waals surface area contributed by atoms with Crippen LogP contribution in [0.5, 0.6) is 0 Å². The second-order valence-corrected chi connectivity index (χ2v) is 18.0. The van der Waals surface area contributed by atoms with Crippen molar-refractivity contribution in [3.8, 4) is 55.1 Å². The minimum atomic E-state index is 1.05. The predicted molar refractivity (Wildman–Crippen MR) is 272 cm³/mol. The fourth-order valence-electron chi connectivity index (χ4n) is 8.99. The van der Waals surface area contributed by atoms with E-state index in [9.17, 15) is 0 Å². The molecule has 0 atom stereocenters. The lowest BCUT2D eigenvalue weighted by molar-refractivity contribution is 1.28. The van der Waals surface area contributed by atoms with Crippen molar-refractivity contribution < 1.29 is 0 Å². The molecule has 0 bridgehead atoms. The van der Waals surface area contributed by atoms with Crippen LogP contribution in [-0.4, -0.2) is 4.98 Å². The molecular weight excluding hydrogens is 801 g/mol. The molecule has 0 saturated heterocycles. The van der Waals surface area contributed by atoms with Gasteiger partial charge in [0.05, 0.1) is 10.2 Å². The fourth-order valence-corrected chi connectivity index (χ4v) is 11.2. The smallest absolute Gasteiger partial charge is 0.124 e. The Labute approximate surface area is 374 Å². The quantitative estimate of drug-likeness (QED) is 0.152. The highest BCUT2D eigenvalue weighted by atomic mass is 32.1. The molecule has 2 heterocycles. The Bertz CT molecular complexity index is 3590. The van der Waals surface area contributed by atoms with Crippen LogP contribution >= 0.6 is 22.7 Å². The minimum absolute atomic E-state index is 1.05. The van der Waals surface area contributed by atoms with Crippen LogP contribution < -0.4 is 4.90 Å². The summed E-state index contributed by atoms with van der Waals surface area (Å²) in [5.41, 5.74) is 15.1. The van der Waals surface area contributed by atoms with Crippen LogP contribution in [0.3, 0.4) is 0 Å². The average molecular weight is 839 g/mol. The lowest BCUT2D eigenvalue weighted by atomic mass is 9.90. The SMILES string of the molecule is c1ccc(-c2ccc(N(c3ccc(-c4ccc5sc6cc7sc(-c8ccccc8)nc7cc6c5c4)cc3)c3ccc(-c4cccc5ccccc45)c(-c4ccccc4)c3)cc2)cc1. The van der Waals surface area contributed by atoms with Crippen LogP contribution in [0.1, 0.15) is 0 Å². The first kappa shape index (κ1) is 37.2. The van der Waals surface area contributed by atoms with Crippen molar-refractivity contribution in [3.63, 3.8) is 0 Å². The molecule has 4 heteroatoms. The van der Waals surface area contributed by atoms with Gasteiger partial charge in [-0.3, -0.25) is 0 Å². The number of rotatable bonds is 8. The van der Waals surface area contributed by atoms with E-state index in [-0.39, 0.29) is 0 Å². The standard InChI is InChI=1S/C59H38N2S2/c1-4-13-39(14-5-1)40-23-28-46(29-24-40)61(48-32-33-51(52(36-48)43-15-6-2-7-16-43)50-22-12-20-42-17-10-11-21-49(42)50)47-30-25-41(26-31-47)45-27-34-56-53(35-45)54-37-55-58(38-57(54)62-56)63-59(60-55)44-18-8-3-9-19-44/h1-38H. The first-order chi connectivity index (χ1) is 31.2. The largest absolute Gasteiger partial charge is 0.310 e. The average Bonchev–Trinajstić information content (AvgIpc) is 3.94. The number of benzene rings is 10. The van der Waals surface area contributed by atoms with Crippen molar-refractivity contribution in [3.05, 3.63) is 231 Å². The summed E-state index contributed by atoms with van der Waals surface area (Å²) >= 11 is 3.62. The van der Waals surface area contributed by atoms with Crippen LogP contribution in [0.15, 0.2) is 231 Å². The van der Waals surface area contributed by atoms with Gasteiger partial charge in [0.15, 0.2) is 0 Å². The van der Waals surface area contributed by atoms with E-state index >= 15 is 0 Å². The second kappa shape index (κ2) is 15.7. The molecule has 0 aliphatic heterocycles. The number of nitrogens with zero attached hydrogens (tertiary/aromatic N) is 2. The highest BCUT2D eigenvalue weighted by Gasteiger charge is 2.19. The van der Waals surface area contributed by atoms with Gasteiger partial charge in [-0.2, -0.15) is 0 Å². The van der Waals surface area contributed by atoms with E-state index in [1.54, 1.807) is 11.3 Å². The van der Waals surface area contributed by atoms with Crippen LogP contribution in [0.4, 0.5) is 17.1 Å². The van der Waals surface area contributed by atoms with Crippen LogP contribution in [-0.2, 0) is 0 Å². The summed E-state index contributed by atoms with van der Waals surface area (Å²) in [4.78, 5) is 7.45. The molecule has 12 rings (SSSR count). The van der Waals surface area contributed by atoms with Crippen LogP contribution in [0.25, 0.3) is 96.2 Å². The van der Waals surface area contributed by atoms with Crippen molar-refractivity contribution in [1.29, 1.82) is 0 Å². The van der Waals surface area contributed by atoms with Crippen molar-refractivity contribution in [2.75, 3.05) is 4.90 Å². The summed E-state index contributed by atoms with van der Waals surface area (Å²) in [6.45, 7) is 0. The molecule has 0 radical (unpaired) electrons. The number of anilines is 3. The van der Waals surface area contributed by atoms with Crippen molar-refractivity contribution >= 4 is 80.9 Å². The maximum absolute atomic E-state index is 5.07. The monoisotopic (exact) mass is 838 g/mol. The number of thiazole rings is 1. The van der Waals surface area contributed by atoms with E-state index in [4.69, 9.17) is 4.98 Å². The Kier molecular flexibility index (Phi) is 9.25. The molecule has 0 fully saturated rings. The molecule has 0 aliphatic rings. The van der Waals surface area contributed by atoms with Gasteiger partial charge in [0.1, 0.15) is 5.01 Å². The van der Waals surface area contributed by atoms with Gasteiger partial charge in [-0.05, 0) is 116 Å². The Balaban J connectivity index is 0.958. The number of hydrogen-bond acceptors (Lipinski definition) is 4. The van der Waals surface area contributed by atoms with Gasteiger partial charge in [-0.15, -0.1) is 22.7 Å². The Morgan fingerprint density at radius 2 is 0.873 bits per heavy atom. The molecule has 63 heavy (non-hydrogen) atoms. The van der Waals surface area contributed by atoms with Crippen LogP contribution in [0.2, 0.25) is 0 Å². The third-order valence-corrected chi connectivity index (χ3v) is 14.3. The fraction of sp³-hybridized carbons (Fsp3) is 0. The second-order valence-electron chi connectivity index (χ2n) is 15.9. The van der Waals surface area contributed by atoms with E-state index in [0.29, 0.717) is 0 Å². The van der Waals surface area contributed by atoms with Crippen molar-refractivity contribution in [2.45, 2.75) is 0 Å². The van der Waals surface area contributed by atoms with E-state index in [2.05, 4.69) is 235 Å². The number of hydrogen-bond donors (Lipinski definition) is 0. The van der Waals surface area contributed by atoms with Crippen molar-refractivity contribution in [2.24, 2.45) is 0 Å². The summed E-state index contributed by atoms with van der Waals surface area (Å²) < 4.78 is 3.81. The number of fused-ring (bicyclic) bond motifs is 5. The lowest BCUT2D eigenvalue weighted by Crippen LogP contribution is -2.10. The Morgan fingerprint density at radius 3 is 1.60 bits per heavy atom. The molecule has 2 aromatic heterocycles. The third kappa shape index (κ3) is 6.87. The van der Waals surface area contributed by atoms with Gasteiger partial charge < -0.3 is 4.90 Å². The highest BCUT2D eigenvalue weighted by Crippen LogP contribution is 2.44. The molecule has 0 saturated carbocycles. The molecule has 2 nitrogen and oxygen atoms in total. The minimum Gasteiger partial charge on any atom is -0.310 e. The summed E-state index contributed by atoms with van der Waals surface area (Å²) in [7, 11) is 0. The first-order valence-corrected chi connectivity index (χ1v) is 22.9. The number of aromatic nitrogens is 1. The third-order valence-electron chi connectivity index (χ3n) is 12.1. The van der Waals surface area contributed by atoms with Gasteiger partial charge in [0.25, 0.3) is 0 Å². The first-order valence-electron chi connectivity index (χ1n) is 21.3. The van der Waals surface area contributed by atoms with E-state index < -0.39 is 0 Å². The van der Waals surface area contributed by atoms with E-state index in [0.717, 1.165) is 33.1 Å². The van der Waals surface area contributed by atoms with Gasteiger partial charge in [0, 0.05) is 42.8 Å². The van der Waals surface area contributed by atoms with E-state index in [1.807, 2.05) is 11.3 Å². The maximum atomic E-state index is 5.07. The molecule has 12 aromatic rings. The van der Waals surface area contributed by atoms with Gasteiger partial charge in [-0.25, -0.2) is 4.98 Å². The van der Waals surface area contributed by atoms with Gasteiger partial charge >= 0.3 is 0 Å². The van der Waals surface area contributed by atoms with Gasteiger partial charge in [0.2, 0.25) is 0 Å².